The van der Waals surface area contributed by atoms with Crippen molar-refractivity contribution < 1.29 is 0 Å². The monoisotopic (exact) mass is 265 g/mol. The number of rotatable bonds is 10. The first-order valence-electron chi connectivity index (χ1n) is 5.97. The number of halogens is 1. The fourth-order valence-electron chi connectivity index (χ4n) is 1.58. The molecule has 0 unspecified atom stereocenters. The summed E-state index contributed by atoms with van der Waals surface area (Å²) in [6.07, 6.45) is 14.3. The first-order chi connectivity index (χ1) is 6.41. The summed E-state index contributed by atoms with van der Waals surface area (Å²) >= 11 is 3.46. The molecule has 0 amide bonds. The summed E-state index contributed by atoms with van der Waals surface area (Å²) in [5.41, 5.74) is 0. The number of unbranched alkanes of at least 4 members (excludes halogenated alkanes) is 9. The molecule has 0 radical (unpaired) electrons. The lowest BCUT2D eigenvalue weighted by molar-refractivity contribution is 0.563. The van der Waals surface area contributed by atoms with Gasteiger partial charge >= 0.3 is 0 Å². The average molecular weight is 266 g/mol. The summed E-state index contributed by atoms with van der Waals surface area (Å²) in [4.78, 5) is 0. The van der Waals surface area contributed by atoms with Crippen molar-refractivity contribution in [2.45, 2.75) is 71.1 Å². The smallest absolute Gasteiger partial charge is 0.00313 e. The molecule has 0 fully saturated rings. The van der Waals surface area contributed by atoms with Gasteiger partial charge in [-0.15, -0.1) is 0 Å². The van der Waals surface area contributed by atoms with Gasteiger partial charge in [-0.1, -0.05) is 80.6 Å². The van der Waals surface area contributed by atoms with E-state index in [0.717, 1.165) is 0 Å². The summed E-state index contributed by atoms with van der Waals surface area (Å²) in [5, 5.41) is 1.18. The van der Waals surface area contributed by atoms with Crippen molar-refractivity contribution in [3.63, 3.8) is 0 Å². The second kappa shape index (κ2) is 15.9. The molecule has 0 aliphatic rings. The molecule has 0 aromatic rings. The fraction of sp³-hybridized carbons (Fsp3) is 1.00. The number of alkyl halides is 1. The minimum absolute atomic E-state index is 0. The molecular weight excluding hydrogens is 238 g/mol. The van der Waals surface area contributed by atoms with Gasteiger partial charge in [0.05, 0.1) is 0 Å². The highest BCUT2D eigenvalue weighted by molar-refractivity contribution is 9.09. The highest BCUT2D eigenvalue weighted by Gasteiger charge is 1.91. The van der Waals surface area contributed by atoms with Crippen LogP contribution < -0.4 is 6.15 Å². The van der Waals surface area contributed by atoms with Crippen molar-refractivity contribution in [3.8, 4) is 0 Å². The van der Waals surface area contributed by atoms with Gasteiger partial charge in [-0.2, -0.15) is 0 Å². The third-order valence-corrected chi connectivity index (χ3v) is 3.05. The largest absolute Gasteiger partial charge is 0.344 e. The lowest BCUT2D eigenvalue weighted by atomic mass is 10.1. The van der Waals surface area contributed by atoms with Crippen LogP contribution in [0.3, 0.4) is 0 Å². The van der Waals surface area contributed by atoms with Crippen LogP contribution in [-0.4, -0.2) is 5.33 Å². The van der Waals surface area contributed by atoms with Crippen LogP contribution in [0.15, 0.2) is 0 Å². The van der Waals surface area contributed by atoms with E-state index in [2.05, 4.69) is 22.9 Å². The van der Waals surface area contributed by atoms with E-state index in [-0.39, 0.29) is 6.15 Å². The van der Waals surface area contributed by atoms with E-state index in [0.29, 0.717) is 0 Å². The van der Waals surface area contributed by atoms with Crippen LogP contribution in [0, 0.1) is 0 Å². The van der Waals surface area contributed by atoms with Crippen molar-refractivity contribution in [2.24, 2.45) is 0 Å². The quantitative estimate of drug-likeness (QED) is 0.413. The summed E-state index contributed by atoms with van der Waals surface area (Å²) < 4.78 is 0. The van der Waals surface area contributed by atoms with Crippen molar-refractivity contribution in [1.29, 1.82) is 0 Å². The van der Waals surface area contributed by atoms with E-state index in [9.17, 15) is 0 Å². The molecule has 0 saturated carbocycles. The molecule has 0 aromatic heterocycles. The Morgan fingerprint density at radius 1 is 0.643 bits per heavy atom. The maximum absolute atomic E-state index is 3.46. The van der Waals surface area contributed by atoms with Crippen LogP contribution in [0.25, 0.3) is 0 Å². The van der Waals surface area contributed by atoms with E-state index in [1.807, 2.05) is 0 Å². The second-order valence-electron chi connectivity index (χ2n) is 3.87. The highest BCUT2D eigenvalue weighted by Crippen LogP contribution is 2.10. The van der Waals surface area contributed by atoms with Crippen LogP contribution in [0.5, 0.6) is 0 Å². The van der Waals surface area contributed by atoms with Crippen LogP contribution in [0.2, 0.25) is 0 Å². The van der Waals surface area contributed by atoms with Crippen molar-refractivity contribution in [1.82, 2.24) is 6.15 Å². The molecule has 88 valence electrons. The third kappa shape index (κ3) is 14.9. The summed E-state index contributed by atoms with van der Waals surface area (Å²) in [6.45, 7) is 2.28. The van der Waals surface area contributed by atoms with Crippen molar-refractivity contribution in [2.75, 3.05) is 5.33 Å². The topological polar surface area (TPSA) is 35.0 Å². The van der Waals surface area contributed by atoms with Gasteiger partial charge in [0.1, 0.15) is 0 Å². The van der Waals surface area contributed by atoms with Gasteiger partial charge in [-0.25, -0.2) is 0 Å². The lowest BCUT2D eigenvalue weighted by Gasteiger charge is -2.00. The van der Waals surface area contributed by atoms with Gasteiger partial charge in [0, 0.05) is 5.33 Å². The van der Waals surface area contributed by atoms with E-state index < -0.39 is 0 Å². The molecule has 0 aliphatic carbocycles. The zero-order chi connectivity index (χ0) is 9.78. The van der Waals surface area contributed by atoms with Gasteiger partial charge in [-0.05, 0) is 6.42 Å². The Balaban J connectivity index is 0. The zero-order valence-corrected chi connectivity index (χ0v) is 11.4. The van der Waals surface area contributed by atoms with Crippen LogP contribution >= 0.6 is 15.9 Å². The van der Waals surface area contributed by atoms with Gasteiger partial charge in [0.2, 0.25) is 0 Å². The fourth-order valence-corrected chi connectivity index (χ4v) is 1.98. The van der Waals surface area contributed by atoms with Crippen LogP contribution in [-0.2, 0) is 0 Å². The Morgan fingerprint density at radius 3 is 1.36 bits per heavy atom. The molecule has 0 rings (SSSR count). The molecule has 1 nitrogen and oxygen atoms in total. The Labute approximate surface area is 98.8 Å². The second-order valence-corrected chi connectivity index (χ2v) is 4.66. The van der Waals surface area contributed by atoms with E-state index in [1.165, 1.54) is 69.5 Å². The molecule has 0 spiro atoms. The van der Waals surface area contributed by atoms with Gasteiger partial charge in [-0.3, -0.25) is 0 Å². The predicted molar refractivity (Wildman–Crippen MR) is 70.7 cm³/mol. The first-order valence-corrected chi connectivity index (χ1v) is 7.10. The first kappa shape index (κ1) is 16.9. The molecule has 0 saturated heterocycles. The van der Waals surface area contributed by atoms with Crippen molar-refractivity contribution in [3.05, 3.63) is 0 Å². The SMILES string of the molecule is CCCCCCCCCCCCBr.N. The summed E-state index contributed by atoms with van der Waals surface area (Å²) in [5.74, 6) is 0. The molecule has 0 bridgehead atoms. The van der Waals surface area contributed by atoms with E-state index >= 15 is 0 Å². The number of hydrogen-bond donors (Lipinski definition) is 1. The normalized spacial score (nSPS) is 9.86. The molecule has 0 aromatic carbocycles. The van der Waals surface area contributed by atoms with Gasteiger partial charge in [0.25, 0.3) is 0 Å². The minimum Gasteiger partial charge on any atom is -0.344 e. The summed E-state index contributed by atoms with van der Waals surface area (Å²) in [6, 6.07) is 0. The van der Waals surface area contributed by atoms with Gasteiger partial charge in [0.15, 0.2) is 0 Å². The number of hydrogen-bond acceptors (Lipinski definition) is 1. The molecule has 0 heterocycles. The molecule has 0 atom stereocenters. The molecular formula is C12H28BrN. The third-order valence-electron chi connectivity index (χ3n) is 2.49. The van der Waals surface area contributed by atoms with Crippen LogP contribution in [0.4, 0.5) is 0 Å². The van der Waals surface area contributed by atoms with Crippen molar-refractivity contribution >= 4 is 15.9 Å². The zero-order valence-electron chi connectivity index (χ0n) is 9.86. The summed E-state index contributed by atoms with van der Waals surface area (Å²) in [7, 11) is 0. The molecule has 0 aliphatic heterocycles. The Hall–Kier alpha value is 0.440. The lowest BCUT2D eigenvalue weighted by Crippen LogP contribution is -1.81. The van der Waals surface area contributed by atoms with Gasteiger partial charge < -0.3 is 6.15 Å². The van der Waals surface area contributed by atoms with E-state index in [1.54, 1.807) is 0 Å². The standard InChI is InChI=1S/C12H25Br.H3N/c1-2-3-4-5-6-7-8-9-10-11-12-13;/h2-12H2,1H3;1H3. The average Bonchev–Trinajstić information content (AvgIpc) is 2.16. The Kier molecular flexibility index (Phi) is 19.1. The molecule has 14 heavy (non-hydrogen) atoms. The van der Waals surface area contributed by atoms with E-state index in [4.69, 9.17) is 0 Å². The molecule has 2 heteroatoms. The predicted octanol–water partition coefficient (Wildman–Crippen LogP) is 5.46. The highest BCUT2D eigenvalue weighted by atomic mass is 79.9. The maximum atomic E-state index is 3.46. The maximum Gasteiger partial charge on any atom is 0.00313 e. The minimum atomic E-state index is 0. The van der Waals surface area contributed by atoms with Crippen LogP contribution in [0.1, 0.15) is 71.1 Å². The Bertz CT molecular complexity index is 76.4. The Morgan fingerprint density at radius 2 is 1.00 bits per heavy atom. The molecule has 3 N–H and O–H groups in total.